The average Bonchev–Trinajstić information content (AvgIpc) is 2.92. The monoisotopic (exact) mass is 298 g/mol. The second kappa shape index (κ2) is 7.47. The first-order valence-corrected chi connectivity index (χ1v) is 7.02. The molecule has 0 radical (unpaired) electrons. The summed E-state index contributed by atoms with van der Waals surface area (Å²) in [4.78, 5) is 11.9. The third kappa shape index (κ3) is 4.37. The fraction of sp³-hybridized carbons (Fsp3) is 0.500. The van der Waals surface area contributed by atoms with E-state index in [2.05, 4.69) is 10.6 Å². The minimum absolute atomic E-state index is 0.136. The first-order valence-electron chi connectivity index (χ1n) is 6.65. The van der Waals surface area contributed by atoms with E-state index < -0.39 is 0 Å². The van der Waals surface area contributed by atoms with Crippen molar-refractivity contribution in [2.24, 2.45) is 0 Å². The highest BCUT2D eigenvalue weighted by molar-refractivity contribution is 6.31. The Bertz CT molecular complexity index is 462. The van der Waals surface area contributed by atoms with Crippen LogP contribution in [0, 0.1) is 0 Å². The molecular formula is C14H19ClN2O3. The number of amides is 1. The van der Waals surface area contributed by atoms with Crippen LogP contribution in [0.1, 0.15) is 12.8 Å². The normalized spacial score (nSPS) is 18.0. The number of carbonyl (C=O) groups is 1. The maximum absolute atomic E-state index is 11.9. The molecule has 0 bridgehead atoms. The molecule has 1 aromatic rings. The summed E-state index contributed by atoms with van der Waals surface area (Å²) in [6.45, 7) is 1.74. The summed E-state index contributed by atoms with van der Waals surface area (Å²) in [5.41, 5.74) is 0.573. The van der Waals surface area contributed by atoms with Crippen LogP contribution in [0.3, 0.4) is 0 Å². The molecule has 20 heavy (non-hydrogen) atoms. The zero-order valence-electron chi connectivity index (χ0n) is 11.4. The maximum atomic E-state index is 11.9. The number of anilines is 1. The Morgan fingerprint density at radius 3 is 3.10 bits per heavy atom. The molecule has 0 saturated carbocycles. The van der Waals surface area contributed by atoms with Gasteiger partial charge in [0.2, 0.25) is 5.91 Å². The van der Waals surface area contributed by atoms with E-state index in [0.717, 1.165) is 19.4 Å². The molecule has 1 aliphatic heterocycles. The molecular weight excluding hydrogens is 280 g/mol. The topological polar surface area (TPSA) is 59.6 Å². The van der Waals surface area contributed by atoms with Crippen molar-refractivity contribution in [3.63, 3.8) is 0 Å². The Morgan fingerprint density at radius 2 is 2.40 bits per heavy atom. The molecule has 1 amide bonds. The number of hydrogen-bond donors (Lipinski definition) is 2. The van der Waals surface area contributed by atoms with Gasteiger partial charge in [-0.3, -0.25) is 4.79 Å². The van der Waals surface area contributed by atoms with Crippen LogP contribution in [-0.2, 0) is 9.53 Å². The Kier molecular flexibility index (Phi) is 5.64. The van der Waals surface area contributed by atoms with Crippen LogP contribution in [0.15, 0.2) is 18.2 Å². The Balaban J connectivity index is 1.80. The molecule has 0 spiro atoms. The molecule has 2 N–H and O–H groups in total. The van der Waals surface area contributed by atoms with Crippen LogP contribution in [0.4, 0.5) is 5.69 Å². The minimum atomic E-state index is -0.136. The Morgan fingerprint density at radius 1 is 1.55 bits per heavy atom. The molecule has 1 unspecified atom stereocenters. The van der Waals surface area contributed by atoms with Gasteiger partial charge < -0.3 is 20.1 Å². The van der Waals surface area contributed by atoms with Crippen molar-refractivity contribution in [1.82, 2.24) is 5.32 Å². The van der Waals surface area contributed by atoms with Gasteiger partial charge in [-0.05, 0) is 31.0 Å². The van der Waals surface area contributed by atoms with Gasteiger partial charge in [0.15, 0.2) is 0 Å². The van der Waals surface area contributed by atoms with Crippen LogP contribution in [-0.4, -0.2) is 38.8 Å². The van der Waals surface area contributed by atoms with Crippen LogP contribution in [0.5, 0.6) is 5.75 Å². The van der Waals surface area contributed by atoms with Crippen molar-refractivity contribution in [3.05, 3.63) is 23.2 Å². The SMILES string of the molecule is COc1ccc(Cl)cc1NC(=O)CNCC1CCCO1. The first kappa shape index (κ1) is 15.1. The number of rotatable bonds is 6. The van der Waals surface area contributed by atoms with Gasteiger partial charge in [0.25, 0.3) is 0 Å². The number of ether oxygens (including phenoxy) is 2. The Hall–Kier alpha value is -1.30. The van der Waals surface area contributed by atoms with Gasteiger partial charge in [0.05, 0.1) is 25.4 Å². The summed E-state index contributed by atoms with van der Waals surface area (Å²) in [6.07, 6.45) is 2.37. The van der Waals surface area contributed by atoms with E-state index in [1.807, 2.05) is 0 Å². The van der Waals surface area contributed by atoms with E-state index in [0.29, 0.717) is 23.0 Å². The fourth-order valence-corrected chi connectivity index (χ4v) is 2.30. The average molecular weight is 299 g/mol. The van der Waals surface area contributed by atoms with E-state index in [1.165, 1.54) is 0 Å². The number of methoxy groups -OCH3 is 1. The number of benzene rings is 1. The molecule has 2 rings (SSSR count). The summed E-state index contributed by atoms with van der Waals surface area (Å²) in [7, 11) is 1.55. The van der Waals surface area contributed by atoms with E-state index in [4.69, 9.17) is 21.1 Å². The third-order valence-electron chi connectivity index (χ3n) is 3.12. The third-order valence-corrected chi connectivity index (χ3v) is 3.35. The number of hydrogen-bond acceptors (Lipinski definition) is 4. The van der Waals surface area contributed by atoms with Gasteiger partial charge in [0, 0.05) is 18.2 Å². The quantitative estimate of drug-likeness (QED) is 0.844. The van der Waals surface area contributed by atoms with E-state index in [1.54, 1.807) is 25.3 Å². The maximum Gasteiger partial charge on any atom is 0.238 e. The largest absolute Gasteiger partial charge is 0.495 e. The van der Waals surface area contributed by atoms with E-state index in [-0.39, 0.29) is 18.6 Å². The Labute approximate surface area is 123 Å². The standard InChI is InChI=1S/C14H19ClN2O3/c1-19-13-5-4-10(15)7-12(13)17-14(18)9-16-8-11-3-2-6-20-11/h4-5,7,11,16H,2-3,6,8-9H2,1H3,(H,17,18). The highest BCUT2D eigenvalue weighted by Gasteiger charge is 2.15. The molecule has 0 aliphatic carbocycles. The van der Waals surface area contributed by atoms with E-state index in [9.17, 15) is 4.79 Å². The second-order valence-electron chi connectivity index (χ2n) is 4.66. The smallest absolute Gasteiger partial charge is 0.238 e. The van der Waals surface area contributed by atoms with Gasteiger partial charge in [-0.1, -0.05) is 11.6 Å². The highest BCUT2D eigenvalue weighted by Crippen LogP contribution is 2.27. The molecule has 1 atom stereocenters. The van der Waals surface area contributed by atoms with Crippen molar-refractivity contribution in [2.75, 3.05) is 32.1 Å². The summed E-state index contributed by atoms with van der Waals surface area (Å²) >= 11 is 5.91. The summed E-state index contributed by atoms with van der Waals surface area (Å²) in [5.74, 6) is 0.449. The summed E-state index contributed by atoms with van der Waals surface area (Å²) in [6, 6.07) is 5.10. The van der Waals surface area contributed by atoms with Gasteiger partial charge in [0.1, 0.15) is 5.75 Å². The zero-order valence-corrected chi connectivity index (χ0v) is 12.2. The van der Waals surface area contributed by atoms with Gasteiger partial charge >= 0.3 is 0 Å². The first-order chi connectivity index (χ1) is 9.69. The van der Waals surface area contributed by atoms with Crippen molar-refractivity contribution < 1.29 is 14.3 Å². The van der Waals surface area contributed by atoms with Crippen LogP contribution >= 0.6 is 11.6 Å². The number of halogens is 1. The van der Waals surface area contributed by atoms with E-state index >= 15 is 0 Å². The molecule has 1 aromatic carbocycles. The van der Waals surface area contributed by atoms with Crippen molar-refractivity contribution in [3.8, 4) is 5.75 Å². The zero-order chi connectivity index (χ0) is 14.4. The van der Waals surface area contributed by atoms with Gasteiger partial charge in [-0.15, -0.1) is 0 Å². The highest BCUT2D eigenvalue weighted by atomic mass is 35.5. The van der Waals surface area contributed by atoms with Crippen LogP contribution in [0.25, 0.3) is 0 Å². The molecule has 6 heteroatoms. The predicted octanol–water partition coefficient (Wildman–Crippen LogP) is 2.06. The lowest BCUT2D eigenvalue weighted by Crippen LogP contribution is -2.33. The molecule has 110 valence electrons. The minimum Gasteiger partial charge on any atom is -0.495 e. The molecule has 1 saturated heterocycles. The lowest BCUT2D eigenvalue weighted by molar-refractivity contribution is -0.115. The molecule has 1 fully saturated rings. The number of nitrogens with one attached hydrogen (secondary N) is 2. The van der Waals surface area contributed by atoms with Crippen molar-refractivity contribution in [1.29, 1.82) is 0 Å². The lowest BCUT2D eigenvalue weighted by Gasteiger charge is -2.12. The summed E-state index contributed by atoms with van der Waals surface area (Å²) in [5, 5.41) is 6.41. The van der Waals surface area contributed by atoms with Gasteiger partial charge in [-0.25, -0.2) is 0 Å². The molecule has 5 nitrogen and oxygen atoms in total. The molecule has 1 aliphatic rings. The number of carbonyl (C=O) groups excluding carboxylic acids is 1. The van der Waals surface area contributed by atoms with Crippen LogP contribution < -0.4 is 15.4 Å². The summed E-state index contributed by atoms with van der Waals surface area (Å²) < 4.78 is 10.6. The van der Waals surface area contributed by atoms with Crippen molar-refractivity contribution in [2.45, 2.75) is 18.9 Å². The van der Waals surface area contributed by atoms with Crippen LogP contribution in [0.2, 0.25) is 5.02 Å². The van der Waals surface area contributed by atoms with Gasteiger partial charge in [-0.2, -0.15) is 0 Å². The predicted molar refractivity (Wildman–Crippen MR) is 78.5 cm³/mol. The fourth-order valence-electron chi connectivity index (χ4n) is 2.12. The second-order valence-corrected chi connectivity index (χ2v) is 5.10. The molecule has 1 heterocycles. The van der Waals surface area contributed by atoms with Crippen molar-refractivity contribution >= 4 is 23.2 Å². The molecule has 0 aromatic heterocycles. The lowest BCUT2D eigenvalue weighted by atomic mass is 10.2.